The summed E-state index contributed by atoms with van der Waals surface area (Å²) in [4.78, 5) is 11.1. The van der Waals surface area contributed by atoms with Crippen LogP contribution in [0.1, 0.15) is 39.0 Å². The summed E-state index contributed by atoms with van der Waals surface area (Å²) < 4.78 is 5.03. The molecule has 0 saturated heterocycles. The highest BCUT2D eigenvalue weighted by Crippen LogP contribution is 2.08. The van der Waals surface area contributed by atoms with Crippen molar-refractivity contribution in [2.75, 3.05) is 6.61 Å². The molecule has 0 aromatic heterocycles. The molecule has 0 spiro atoms. The van der Waals surface area contributed by atoms with Crippen LogP contribution in [0.2, 0.25) is 0 Å². The van der Waals surface area contributed by atoms with E-state index in [1.54, 1.807) is 0 Å². The second-order valence-corrected chi connectivity index (χ2v) is 3.63. The molecule has 1 aliphatic rings. The first-order chi connectivity index (χ1) is 6.79. The van der Waals surface area contributed by atoms with E-state index in [0.717, 1.165) is 25.7 Å². The fourth-order valence-electron chi connectivity index (χ4n) is 1.38. The van der Waals surface area contributed by atoms with Crippen molar-refractivity contribution in [3.8, 4) is 0 Å². The Hall–Kier alpha value is -1.05. The monoisotopic (exact) mass is 194 g/mol. The molecule has 0 bridgehead atoms. The van der Waals surface area contributed by atoms with Gasteiger partial charge in [-0.15, -0.1) is 0 Å². The molecule has 2 nitrogen and oxygen atoms in total. The van der Waals surface area contributed by atoms with E-state index < -0.39 is 0 Å². The minimum atomic E-state index is -0.0648. The smallest absolute Gasteiger partial charge is 0.305 e. The van der Waals surface area contributed by atoms with Crippen molar-refractivity contribution in [2.45, 2.75) is 39.0 Å². The summed E-state index contributed by atoms with van der Waals surface area (Å²) in [5, 5.41) is 0. The molecule has 0 saturated carbocycles. The predicted molar refractivity (Wildman–Crippen MR) is 56.9 cm³/mol. The molecule has 2 heteroatoms. The van der Waals surface area contributed by atoms with Crippen molar-refractivity contribution in [3.63, 3.8) is 0 Å². The molecule has 0 fully saturated rings. The molecule has 14 heavy (non-hydrogen) atoms. The molecule has 0 radical (unpaired) electrons. The predicted octanol–water partition coefficient (Wildman–Crippen LogP) is 3.00. The maximum absolute atomic E-state index is 11.1. The lowest BCUT2D eigenvalue weighted by molar-refractivity contribution is -0.143. The minimum absolute atomic E-state index is 0.0648. The van der Waals surface area contributed by atoms with Crippen molar-refractivity contribution in [1.29, 1.82) is 0 Å². The molecule has 0 unspecified atom stereocenters. The van der Waals surface area contributed by atoms with Crippen molar-refractivity contribution in [3.05, 3.63) is 23.8 Å². The molecule has 0 aromatic carbocycles. The average Bonchev–Trinajstić information content (AvgIpc) is 2.16. The van der Waals surface area contributed by atoms with Gasteiger partial charge in [0.1, 0.15) is 0 Å². The first-order valence-electron chi connectivity index (χ1n) is 5.25. The van der Waals surface area contributed by atoms with Crippen LogP contribution in [0.3, 0.4) is 0 Å². The van der Waals surface area contributed by atoms with E-state index in [9.17, 15) is 4.79 Å². The quantitative estimate of drug-likeness (QED) is 0.437. The molecule has 0 atom stereocenters. The molecule has 0 aromatic rings. The van der Waals surface area contributed by atoms with E-state index in [-0.39, 0.29) is 5.97 Å². The Kier molecular flexibility index (Phi) is 5.05. The van der Waals surface area contributed by atoms with Crippen LogP contribution in [0.15, 0.2) is 23.8 Å². The van der Waals surface area contributed by atoms with Crippen LogP contribution >= 0.6 is 0 Å². The van der Waals surface area contributed by atoms with E-state index in [4.69, 9.17) is 4.74 Å². The standard InChI is InChI=1S/C12H18O2/c1-11-7-3-2-6-10-14-12(13)9-5-4-8-11/h2-3,8H,4-7,9-10H2,1H3/b3-2+,11-8+. The third-order valence-electron chi connectivity index (χ3n) is 2.23. The molecular formula is C12H18O2. The number of ether oxygens (including phenoxy) is 1. The maximum Gasteiger partial charge on any atom is 0.305 e. The number of allylic oxidation sites excluding steroid dienone is 3. The lowest BCUT2D eigenvalue weighted by Gasteiger charge is -2.04. The van der Waals surface area contributed by atoms with Gasteiger partial charge < -0.3 is 4.74 Å². The first kappa shape index (κ1) is 11.0. The number of rotatable bonds is 0. The van der Waals surface area contributed by atoms with Gasteiger partial charge in [-0.05, 0) is 32.6 Å². The summed E-state index contributed by atoms with van der Waals surface area (Å²) in [6.07, 6.45) is 10.7. The van der Waals surface area contributed by atoms with Crippen LogP contribution in [0.5, 0.6) is 0 Å². The second kappa shape index (κ2) is 6.41. The van der Waals surface area contributed by atoms with Crippen LogP contribution in [0.25, 0.3) is 0 Å². The highest BCUT2D eigenvalue weighted by molar-refractivity contribution is 5.69. The Balaban J connectivity index is 2.44. The van der Waals surface area contributed by atoms with Gasteiger partial charge in [-0.2, -0.15) is 0 Å². The van der Waals surface area contributed by atoms with Crippen LogP contribution in [0.4, 0.5) is 0 Å². The van der Waals surface area contributed by atoms with Crippen LogP contribution < -0.4 is 0 Å². The number of cyclic esters (lactones) is 1. The highest BCUT2D eigenvalue weighted by Gasteiger charge is 2.01. The first-order valence-corrected chi connectivity index (χ1v) is 5.25. The number of carbonyl (C=O) groups excluding carboxylic acids is 1. The lowest BCUT2D eigenvalue weighted by atomic mass is 10.1. The third kappa shape index (κ3) is 4.85. The minimum Gasteiger partial charge on any atom is -0.465 e. The van der Waals surface area contributed by atoms with E-state index in [1.165, 1.54) is 5.57 Å². The zero-order chi connectivity index (χ0) is 10.2. The van der Waals surface area contributed by atoms with Gasteiger partial charge in [0, 0.05) is 6.42 Å². The summed E-state index contributed by atoms with van der Waals surface area (Å²) in [6.45, 7) is 2.66. The van der Waals surface area contributed by atoms with Gasteiger partial charge in [0.05, 0.1) is 6.61 Å². The summed E-state index contributed by atoms with van der Waals surface area (Å²) in [5.74, 6) is -0.0648. The van der Waals surface area contributed by atoms with E-state index in [1.807, 2.05) is 0 Å². The summed E-state index contributed by atoms with van der Waals surface area (Å²) >= 11 is 0. The molecule has 0 amide bonds. The number of hydrogen-bond acceptors (Lipinski definition) is 2. The third-order valence-corrected chi connectivity index (χ3v) is 2.23. The molecule has 0 aliphatic carbocycles. The molecule has 1 heterocycles. The van der Waals surface area contributed by atoms with Gasteiger partial charge in [-0.1, -0.05) is 23.8 Å². The van der Waals surface area contributed by atoms with Gasteiger partial charge in [-0.3, -0.25) is 4.79 Å². The normalized spacial score (nSPS) is 26.4. The fraction of sp³-hybridized carbons (Fsp3) is 0.583. The maximum atomic E-state index is 11.1. The fourth-order valence-corrected chi connectivity index (χ4v) is 1.38. The summed E-state index contributed by atoms with van der Waals surface area (Å²) in [5.41, 5.74) is 1.38. The van der Waals surface area contributed by atoms with Crippen molar-refractivity contribution < 1.29 is 9.53 Å². The van der Waals surface area contributed by atoms with Gasteiger partial charge in [0.25, 0.3) is 0 Å². The van der Waals surface area contributed by atoms with Gasteiger partial charge >= 0.3 is 5.97 Å². The Morgan fingerprint density at radius 1 is 1.29 bits per heavy atom. The number of carbonyl (C=O) groups is 1. The highest BCUT2D eigenvalue weighted by atomic mass is 16.5. The van der Waals surface area contributed by atoms with Gasteiger partial charge in [0.15, 0.2) is 0 Å². The summed E-state index contributed by atoms with van der Waals surface area (Å²) in [7, 11) is 0. The lowest BCUT2D eigenvalue weighted by Crippen LogP contribution is -2.05. The Bertz CT molecular complexity index is 239. The molecule has 1 rings (SSSR count). The summed E-state index contributed by atoms with van der Waals surface area (Å²) in [6, 6.07) is 0. The van der Waals surface area contributed by atoms with Gasteiger partial charge in [-0.25, -0.2) is 0 Å². The Morgan fingerprint density at radius 3 is 3.00 bits per heavy atom. The topological polar surface area (TPSA) is 26.3 Å². The van der Waals surface area contributed by atoms with Crippen LogP contribution in [0, 0.1) is 0 Å². The molecule has 0 N–H and O–H groups in total. The Morgan fingerprint density at radius 2 is 2.14 bits per heavy atom. The van der Waals surface area contributed by atoms with Crippen LogP contribution in [-0.2, 0) is 9.53 Å². The van der Waals surface area contributed by atoms with Crippen molar-refractivity contribution >= 4 is 5.97 Å². The van der Waals surface area contributed by atoms with Crippen molar-refractivity contribution in [2.24, 2.45) is 0 Å². The Labute approximate surface area is 85.6 Å². The van der Waals surface area contributed by atoms with E-state index in [2.05, 4.69) is 25.2 Å². The number of hydrogen-bond donors (Lipinski definition) is 0. The largest absolute Gasteiger partial charge is 0.465 e. The zero-order valence-electron chi connectivity index (χ0n) is 8.79. The average molecular weight is 194 g/mol. The SMILES string of the molecule is C/C1=C\CCCC(=O)OCC/C=C/C1. The molecular weight excluding hydrogens is 176 g/mol. The second-order valence-electron chi connectivity index (χ2n) is 3.63. The van der Waals surface area contributed by atoms with Crippen LogP contribution in [-0.4, -0.2) is 12.6 Å². The number of esters is 1. The van der Waals surface area contributed by atoms with E-state index in [0.29, 0.717) is 13.0 Å². The van der Waals surface area contributed by atoms with E-state index >= 15 is 0 Å². The van der Waals surface area contributed by atoms with Gasteiger partial charge in [0.2, 0.25) is 0 Å². The molecule has 78 valence electrons. The molecule has 1 aliphatic heterocycles. The van der Waals surface area contributed by atoms with Crippen molar-refractivity contribution in [1.82, 2.24) is 0 Å². The zero-order valence-corrected chi connectivity index (χ0v) is 8.79.